The van der Waals surface area contributed by atoms with Crippen LogP contribution in [0.1, 0.15) is 17.0 Å². The summed E-state index contributed by atoms with van der Waals surface area (Å²) in [5.41, 5.74) is 1.72. The summed E-state index contributed by atoms with van der Waals surface area (Å²) in [4.78, 5) is 15.1. The second-order valence-electron chi connectivity index (χ2n) is 6.23. The van der Waals surface area contributed by atoms with Crippen LogP contribution in [0.3, 0.4) is 0 Å². The van der Waals surface area contributed by atoms with Crippen molar-refractivity contribution in [1.29, 1.82) is 0 Å². The lowest BCUT2D eigenvalue weighted by molar-refractivity contribution is -0.145. The molecule has 0 atom stereocenters. The van der Waals surface area contributed by atoms with Gasteiger partial charge >= 0.3 is 5.97 Å². The average molecular weight is 339 g/mol. The van der Waals surface area contributed by atoms with Crippen LogP contribution in [-0.4, -0.2) is 50.3 Å². The minimum Gasteiger partial charge on any atom is -0.464 e. The first kappa shape index (κ1) is 16.1. The molecule has 0 unspecified atom stereocenters. The summed E-state index contributed by atoms with van der Waals surface area (Å²) < 4.78 is 16.9. The lowest BCUT2D eigenvalue weighted by atomic mass is 9.88. The van der Waals surface area contributed by atoms with Crippen molar-refractivity contribution in [2.45, 2.75) is 5.92 Å². The molecule has 130 valence electrons. The van der Waals surface area contributed by atoms with Gasteiger partial charge in [-0.1, -0.05) is 36.4 Å². The predicted octanol–water partition coefficient (Wildman–Crippen LogP) is 2.80. The first-order chi connectivity index (χ1) is 12.3. The van der Waals surface area contributed by atoms with Crippen molar-refractivity contribution in [2.24, 2.45) is 0 Å². The molecule has 2 aliphatic rings. The van der Waals surface area contributed by atoms with Crippen LogP contribution in [0.4, 0.5) is 0 Å². The van der Waals surface area contributed by atoms with Crippen LogP contribution in [0.15, 0.2) is 48.5 Å². The Hall–Kier alpha value is -2.37. The number of carbonyl (C=O) groups excluding carboxylic acids is 1. The summed E-state index contributed by atoms with van der Waals surface area (Å²) in [6.07, 6.45) is 0. The molecule has 2 aromatic rings. The van der Waals surface area contributed by atoms with E-state index >= 15 is 0 Å². The molecule has 0 bridgehead atoms. The number of hydrogen-bond donors (Lipinski definition) is 0. The SMILES string of the molecule is O=C(OCCN1CCOCC1)C1c2ccccc2Oc2ccccc21. The third-order valence-electron chi connectivity index (χ3n) is 4.67. The Morgan fingerprint density at radius 1 is 1.00 bits per heavy atom. The van der Waals surface area contributed by atoms with Crippen LogP contribution in [0.25, 0.3) is 0 Å². The van der Waals surface area contributed by atoms with Crippen molar-refractivity contribution < 1.29 is 19.0 Å². The fourth-order valence-electron chi connectivity index (χ4n) is 3.35. The van der Waals surface area contributed by atoms with Gasteiger partial charge in [0.2, 0.25) is 0 Å². The molecule has 1 saturated heterocycles. The van der Waals surface area contributed by atoms with E-state index in [9.17, 15) is 4.79 Å². The predicted molar refractivity (Wildman–Crippen MR) is 93.0 cm³/mol. The van der Waals surface area contributed by atoms with Crippen LogP contribution in [0, 0.1) is 0 Å². The standard InChI is InChI=1S/C20H21NO4/c22-20(24-14-11-21-9-12-23-13-10-21)19-15-5-1-3-7-17(15)25-18-8-4-2-6-16(18)19/h1-8,19H,9-14H2. The highest BCUT2D eigenvalue weighted by molar-refractivity contribution is 5.85. The van der Waals surface area contributed by atoms with Crippen LogP contribution >= 0.6 is 0 Å². The van der Waals surface area contributed by atoms with Crippen LogP contribution in [0.5, 0.6) is 11.5 Å². The van der Waals surface area contributed by atoms with E-state index in [1.807, 2.05) is 48.5 Å². The molecule has 2 aliphatic heterocycles. The molecule has 5 heteroatoms. The molecule has 0 spiro atoms. The molecule has 4 rings (SSSR count). The van der Waals surface area contributed by atoms with Crippen LogP contribution in [0.2, 0.25) is 0 Å². The lowest BCUT2D eigenvalue weighted by Crippen LogP contribution is -2.38. The topological polar surface area (TPSA) is 48.0 Å². The Balaban J connectivity index is 1.49. The zero-order valence-corrected chi connectivity index (χ0v) is 14.0. The number of fused-ring (bicyclic) bond motifs is 2. The maximum atomic E-state index is 12.8. The molecule has 2 aromatic carbocycles. The van der Waals surface area contributed by atoms with Gasteiger partial charge in [0, 0.05) is 30.8 Å². The van der Waals surface area contributed by atoms with Crippen LogP contribution in [-0.2, 0) is 14.3 Å². The van der Waals surface area contributed by atoms with Crippen LogP contribution < -0.4 is 4.74 Å². The number of nitrogens with zero attached hydrogens (tertiary/aromatic N) is 1. The molecule has 0 amide bonds. The molecule has 0 saturated carbocycles. The van der Waals surface area contributed by atoms with Gasteiger partial charge in [0.25, 0.3) is 0 Å². The maximum Gasteiger partial charge on any atom is 0.318 e. The van der Waals surface area contributed by atoms with Crippen molar-refractivity contribution in [3.8, 4) is 11.5 Å². The van der Waals surface area contributed by atoms with E-state index in [-0.39, 0.29) is 5.97 Å². The van der Waals surface area contributed by atoms with Gasteiger partial charge in [-0.15, -0.1) is 0 Å². The first-order valence-electron chi connectivity index (χ1n) is 8.65. The van der Waals surface area contributed by atoms with Gasteiger partial charge in [0.05, 0.1) is 13.2 Å². The third-order valence-corrected chi connectivity index (χ3v) is 4.67. The van der Waals surface area contributed by atoms with Gasteiger partial charge in [-0.2, -0.15) is 0 Å². The van der Waals surface area contributed by atoms with Gasteiger partial charge < -0.3 is 14.2 Å². The Labute approximate surface area is 147 Å². The molecule has 25 heavy (non-hydrogen) atoms. The second-order valence-corrected chi connectivity index (χ2v) is 6.23. The number of carbonyl (C=O) groups is 1. The molecule has 1 fully saturated rings. The molecule has 5 nitrogen and oxygen atoms in total. The summed E-state index contributed by atoms with van der Waals surface area (Å²) in [5, 5.41) is 0. The van der Waals surface area contributed by atoms with E-state index in [2.05, 4.69) is 4.90 Å². The molecule has 0 aromatic heterocycles. The van der Waals surface area contributed by atoms with Crippen molar-refractivity contribution in [3.63, 3.8) is 0 Å². The molecular formula is C20H21NO4. The molecule has 2 heterocycles. The largest absolute Gasteiger partial charge is 0.464 e. The number of benzene rings is 2. The van der Waals surface area contributed by atoms with Gasteiger partial charge in [0.15, 0.2) is 0 Å². The highest BCUT2D eigenvalue weighted by Crippen LogP contribution is 2.44. The van der Waals surface area contributed by atoms with Crippen molar-refractivity contribution in [1.82, 2.24) is 4.90 Å². The Kier molecular flexibility index (Phi) is 4.68. The summed E-state index contributed by atoms with van der Waals surface area (Å²) in [6, 6.07) is 15.3. The average Bonchev–Trinajstić information content (AvgIpc) is 2.66. The van der Waals surface area contributed by atoms with E-state index < -0.39 is 5.92 Å². The minimum atomic E-state index is -0.439. The van der Waals surface area contributed by atoms with E-state index in [0.29, 0.717) is 6.61 Å². The maximum absolute atomic E-state index is 12.8. The quantitative estimate of drug-likeness (QED) is 0.802. The number of rotatable bonds is 4. The Morgan fingerprint density at radius 3 is 2.24 bits per heavy atom. The zero-order chi connectivity index (χ0) is 17.1. The third kappa shape index (κ3) is 3.38. The summed E-state index contributed by atoms with van der Waals surface area (Å²) in [6.45, 7) is 4.40. The fraction of sp³-hybridized carbons (Fsp3) is 0.350. The number of ether oxygens (including phenoxy) is 3. The van der Waals surface area contributed by atoms with E-state index in [1.54, 1.807) is 0 Å². The van der Waals surface area contributed by atoms with Crippen molar-refractivity contribution in [2.75, 3.05) is 39.5 Å². The second kappa shape index (κ2) is 7.25. The lowest BCUT2D eigenvalue weighted by Gasteiger charge is -2.28. The van der Waals surface area contributed by atoms with Crippen molar-refractivity contribution in [3.05, 3.63) is 59.7 Å². The zero-order valence-electron chi connectivity index (χ0n) is 14.0. The van der Waals surface area contributed by atoms with E-state index in [0.717, 1.165) is 55.5 Å². The number of morpholine rings is 1. The normalized spacial score (nSPS) is 17.3. The summed E-state index contributed by atoms with van der Waals surface area (Å²) in [7, 11) is 0. The Morgan fingerprint density at radius 2 is 1.60 bits per heavy atom. The fourth-order valence-corrected chi connectivity index (χ4v) is 3.35. The summed E-state index contributed by atoms with van der Waals surface area (Å²) >= 11 is 0. The molecule has 0 aliphatic carbocycles. The number of esters is 1. The Bertz CT molecular complexity index is 709. The van der Waals surface area contributed by atoms with Gasteiger partial charge in [-0.25, -0.2) is 0 Å². The highest BCUT2D eigenvalue weighted by atomic mass is 16.5. The molecular weight excluding hydrogens is 318 g/mol. The van der Waals surface area contributed by atoms with Gasteiger partial charge in [-0.05, 0) is 12.1 Å². The molecule has 0 radical (unpaired) electrons. The number of hydrogen-bond acceptors (Lipinski definition) is 5. The van der Waals surface area contributed by atoms with E-state index in [1.165, 1.54) is 0 Å². The van der Waals surface area contributed by atoms with E-state index in [4.69, 9.17) is 14.2 Å². The smallest absolute Gasteiger partial charge is 0.318 e. The molecule has 0 N–H and O–H groups in total. The number of para-hydroxylation sites is 2. The van der Waals surface area contributed by atoms with Gasteiger partial charge in [-0.3, -0.25) is 9.69 Å². The van der Waals surface area contributed by atoms with Gasteiger partial charge in [0.1, 0.15) is 24.0 Å². The monoisotopic (exact) mass is 339 g/mol. The summed E-state index contributed by atoms with van der Waals surface area (Å²) in [5.74, 6) is 0.773. The highest BCUT2D eigenvalue weighted by Gasteiger charge is 2.33. The first-order valence-corrected chi connectivity index (χ1v) is 8.65. The minimum absolute atomic E-state index is 0.226. The van der Waals surface area contributed by atoms with Crippen molar-refractivity contribution >= 4 is 5.97 Å².